The monoisotopic (exact) mass is 200 g/mol. The molecule has 0 aromatic heterocycles. The van der Waals surface area contributed by atoms with E-state index in [1.54, 1.807) is 0 Å². The number of hydrogen-bond donors (Lipinski definition) is 2. The van der Waals surface area contributed by atoms with Crippen molar-refractivity contribution in [1.29, 1.82) is 0 Å². The van der Waals surface area contributed by atoms with Crippen molar-refractivity contribution in [2.45, 2.75) is 57.7 Å². The van der Waals surface area contributed by atoms with Crippen LogP contribution in [-0.2, 0) is 4.74 Å². The van der Waals surface area contributed by atoms with Gasteiger partial charge in [-0.3, -0.25) is 0 Å². The van der Waals surface area contributed by atoms with E-state index in [1.807, 2.05) is 0 Å². The van der Waals surface area contributed by atoms with Crippen molar-refractivity contribution in [3.63, 3.8) is 0 Å². The van der Waals surface area contributed by atoms with Gasteiger partial charge in [-0.25, -0.2) is 0 Å². The maximum Gasteiger partial charge on any atom is 0.0604 e. The van der Waals surface area contributed by atoms with E-state index in [0.29, 0.717) is 18.2 Å². The maximum atomic E-state index is 5.67. The number of hydrogen-bond acceptors (Lipinski definition) is 3. The largest absolute Gasteiger partial charge is 0.378 e. The van der Waals surface area contributed by atoms with Crippen LogP contribution in [0.15, 0.2) is 0 Å². The Balaban J connectivity index is 1.86. The van der Waals surface area contributed by atoms with E-state index < -0.39 is 0 Å². The quantitative estimate of drug-likeness (QED) is 0.608. The minimum absolute atomic E-state index is 0.342. The van der Waals surface area contributed by atoms with E-state index in [-0.39, 0.29) is 0 Å². The first kappa shape index (κ1) is 12.0. The molecule has 84 valence electrons. The van der Waals surface area contributed by atoms with Crippen molar-refractivity contribution in [3.8, 4) is 0 Å². The summed E-state index contributed by atoms with van der Waals surface area (Å²) in [4.78, 5) is 0. The summed E-state index contributed by atoms with van der Waals surface area (Å²) in [5.41, 5.74) is 5.67. The zero-order valence-corrected chi connectivity index (χ0v) is 9.46. The molecule has 0 saturated heterocycles. The third kappa shape index (κ3) is 4.40. The third-order valence-electron chi connectivity index (χ3n) is 2.77. The topological polar surface area (TPSA) is 47.3 Å². The fourth-order valence-electron chi connectivity index (χ4n) is 1.83. The van der Waals surface area contributed by atoms with Crippen molar-refractivity contribution >= 4 is 0 Å². The molecular formula is C11H24N2O. The van der Waals surface area contributed by atoms with Gasteiger partial charge >= 0.3 is 0 Å². The highest BCUT2D eigenvalue weighted by Crippen LogP contribution is 2.22. The molecule has 1 aliphatic rings. The number of nitrogens with one attached hydrogen (secondary N) is 1. The van der Waals surface area contributed by atoms with Gasteiger partial charge in [-0.05, 0) is 46.1 Å². The van der Waals surface area contributed by atoms with Crippen LogP contribution in [0.2, 0.25) is 0 Å². The molecule has 1 saturated carbocycles. The smallest absolute Gasteiger partial charge is 0.0604 e. The lowest BCUT2D eigenvalue weighted by Gasteiger charge is -2.35. The molecule has 3 nitrogen and oxygen atoms in total. The SMILES string of the molecule is CCOC1CC(NCCCC(C)N)C1. The molecule has 0 bridgehead atoms. The first-order chi connectivity index (χ1) is 6.72. The molecule has 3 N–H and O–H groups in total. The van der Waals surface area contributed by atoms with Crippen LogP contribution >= 0.6 is 0 Å². The molecule has 0 amide bonds. The van der Waals surface area contributed by atoms with E-state index in [2.05, 4.69) is 19.2 Å². The zero-order chi connectivity index (χ0) is 10.4. The molecule has 0 aromatic rings. The molecule has 14 heavy (non-hydrogen) atoms. The van der Waals surface area contributed by atoms with Crippen LogP contribution in [-0.4, -0.2) is 31.3 Å². The van der Waals surface area contributed by atoms with E-state index in [1.165, 1.54) is 19.3 Å². The van der Waals surface area contributed by atoms with Crippen molar-refractivity contribution in [1.82, 2.24) is 5.32 Å². The van der Waals surface area contributed by atoms with Gasteiger partial charge < -0.3 is 15.8 Å². The lowest BCUT2D eigenvalue weighted by molar-refractivity contribution is -0.00977. The molecule has 0 heterocycles. The summed E-state index contributed by atoms with van der Waals surface area (Å²) in [5.74, 6) is 0. The second kappa shape index (κ2) is 6.38. The predicted molar refractivity (Wildman–Crippen MR) is 59.3 cm³/mol. The predicted octanol–water partition coefficient (Wildman–Crippen LogP) is 1.27. The van der Waals surface area contributed by atoms with Crippen LogP contribution in [0, 0.1) is 0 Å². The van der Waals surface area contributed by atoms with Gasteiger partial charge in [0.15, 0.2) is 0 Å². The molecule has 0 aromatic carbocycles. The van der Waals surface area contributed by atoms with Crippen LogP contribution in [0.3, 0.4) is 0 Å². The molecule has 1 atom stereocenters. The van der Waals surface area contributed by atoms with Crippen LogP contribution in [0.5, 0.6) is 0 Å². The van der Waals surface area contributed by atoms with Gasteiger partial charge in [0.1, 0.15) is 0 Å². The molecule has 0 radical (unpaired) electrons. The Kier molecular flexibility index (Phi) is 5.45. The van der Waals surface area contributed by atoms with E-state index in [4.69, 9.17) is 10.5 Å². The van der Waals surface area contributed by atoms with Gasteiger partial charge in [0.25, 0.3) is 0 Å². The summed E-state index contributed by atoms with van der Waals surface area (Å²) in [7, 11) is 0. The van der Waals surface area contributed by atoms with Crippen molar-refractivity contribution in [2.24, 2.45) is 5.73 Å². The average Bonchev–Trinajstić information content (AvgIpc) is 2.06. The Hall–Kier alpha value is -0.120. The first-order valence-corrected chi connectivity index (χ1v) is 5.83. The minimum Gasteiger partial charge on any atom is -0.378 e. The summed E-state index contributed by atoms with van der Waals surface area (Å²) in [6.45, 7) is 6.07. The average molecular weight is 200 g/mol. The summed E-state index contributed by atoms with van der Waals surface area (Å²) >= 11 is 0. The Morgan fingerprint density at radius 1 is 1.50 bits per heavy atom. The van der Waals surface area contributed by atoms with Crippen molar-refractivity contribution in [3.05, 3.63) is 0 Å². The van der Waals surface area contributed by atoms with Gasteiger partial charge in [-0.15, -0.1) is 0 Å². The second-order valence-corrected chi connectivity index (χ2v) is 4.32. The normalized spacial score (nSPS) is 28.5. The molecule has 0 spiro atoms. The highest BCUT2D eigenvalue weighted by Gasteiger charge is 2.28. The molecule has 3 heteroatoms. The number of nitrogens with two attached hydrogens (primary N) is 1. The minimum atomic E-state index is 0.342. The maximum absolute atomic E-state index is 5.67. The fraction of sp³-hybridized carbons (Fsp3) is 1.00. The Morgan fingerprint density at radius 2 is 2.21 bits per heavy atom. The molecule has 1 aliphatic carbocycles. The van der Waals surface area contributed by atoms with Gasteiger partial charge in [0.2, 0.25) is 0 Å². The van der Waals surface area contributed by atoms with Gasteiger partial charge in [0, 0.05) is 18.7 Å². The molecule has 1 rings (SSSR count). The lowest BCUT2D eigenvalue weighted by Crippen LogP contribution is -2.45. The van der Waals surface area contributed by atoms with Crippen LogP contribution in [0.25, 0.3) is 0 Å². The van der Waals surface area contributed by atoms with Crippen LogP contribution < -0.4 is 11.1 Å². The second-order valence-electron chi connectivity index (χ2n) is 4.32. The standard InChI is InChI=1S/C11H24N2O/c1-3-14-11-7-10(8-11)13-6-4-5-9(2)12/h9-11,13H,3-8,12H2,1-2H3. The van der Waals surface area contributed by atoms with Crippen LogP contribution in [0.1, 0.15) is 39.5 Å². The summed E-state index contributed by atoms with van der Waals surface area (Å²) < 4.78 is 5.49. The highest BCUT2D eigenvalue weighted by molar-refractivity contribution is 4.85. The summed E-state index contributed by atoms with van der Waals surface area (Å²) in [6.07, 6.45) is 5.20. The van der Waals surface area contributed by atoms with Crippen molar-refractivity contribution in [2.75, 3.05) is 13.2 Å². The lowest BCUT2D eigenvalue weighted by atomic mass is 9.89. The molecular weight excluding hydrogens is 176 g/mol. The van der Waals surface area contributed by atoms with Crippen LogP contribution in [0.4, 0.5) is 0 Å². The van der Waals surface area contributed by atoms with E-state index in [9.17, 15) is 0 Å². The zero-order valence-electron chi connectivity index (χ0n) is 9.46. The Bertz CT molecular complexity index is 144. The molecule has 1 fully saturated rings. The van der Waals surface area contributed by atoms with Gasteiger partial charge in [-0.2, -0.15) is 0 Å². The first-order valence-electron chi connectivity index (χ1n) is 5.83. The summed E-state index contributed by atoms with van der Waals surface area (Å²) in [5, 5.41) is 3.53. The van der Waals surface area contributed by atoms with E-state index >= 15 is 0 Å². The van der Waals surface area contributed by atoms with Gasteiger partial charge in [0.05, 0.1) is 6.10 Å². The van der Waals surface area contributed by atoms with Crippen molar-refractivity contribution < 1.29 is 4.74 Å². The van der Waals surface area contributed by atoms with Gasteiger partial charge in [-0.1, -0.05) is 0 Å². The molecule has 0 aliphatic heterocycles. The number of rotatable bonds is 7. The highest BCUT2D eigenvalue weighted by atomic mass is 16.5. The summed E-state index contributed by atoms with van der Waals surface area (Å²) in [6, 6.07) is 1.04. The Morgan fingerprint density at radius 3 is 2.79 bits per heavy atom. The Labute approximate surface area is 87.4 Å². The third-order valence-corrected chi connectivity index (χ3v) is 2.77. The number of ether oxygens (including phenoxy) is 1. The van der Waals surface area contributed by atoms with E-state index in [0.717, 1.165) is 19.6 Å². The molecule has 1 unspecified atom stereocenters. The fourth-order valence-corrected chi connectivity index (χ4v) is 1.83.